The summed E-state index contributed by atoms with van der Waals surface area (Å²) in [4.78, 5) is 13.5. The second-order valence-corrected chi connectivity index (χ2v) is 11.6. The van der Waals surface area contributed by atoms with Crippen molar-refractivity contribution in [1.82, 2.24) is 5.32 Å². The number of benzene rings is 3. The topological polar surface area (TPSA) is 84.9 Å². The summed E-state index contributed by atoms with van der Waals surface area (Å²) in [7, 11) is -2.59. The number of methoxy groups -OCH3 is 1. The highest BCUT2D eigenvalue weighted by atomic mass is 32.2. The number of hydrogen-bond acceptors (Lipinski definition) is 5. The molecule has 1 unspecified atom stereocenters. The summed E-state index contributed by atoms with van der Waals surface area (Å²) in [5.74, 6) is 0.650. The van der Waals surface area contributed by atoms with Gasteiger partial charge in [0.05, 0.1) is 23.7 Å². The molecule has 1 aliphatic rings. The quantitative estimate of drug-likeness (QED) is 0.489. The fourth-order valence-corrected chi connectivity index (χ4v) is 5.86. The SMILES string of the molecule is COc1ccc(C)cc1N(CC(=O)NC1CC(C)(C)Oc2ccccc21)S(=O)(=O)c1ccc(C)cc1. The van der Waals surface area contributed by atoms with Gasteiger partial charge in [-0.3, -0.25) is 9.10 Å². The van der Waals surface area contributed by atoms with Crippen molar-refractivity contribution in [3.63, 3.8) is 0 Å². The van der Waals surface area contributed by atoms with E-state index in [2.05, 4.69) is 5.32 Å². The van der Waals surface area contributed by atoms with Crippen LogP contribution in [-0.4, -0.2) is 33.6 Å². The van der Waals surface area contributed by atoms with Gasteiger partial charge in [-0.1, -0.05) is 42.0 Å². The van der Waals surface area contributed by atoms with Crippen LogP contribution in [0, 0.1) is 13.8 Å². The normalized spacial score (nSPS) is 16.4. The first kappa shape index (κ1) is 25.6. The Morgan fingerprint density at radius 1 is 1.06 bits per heavy atom. The van der Waals surface area contributed by atoms with Crippen LogP contribution in [-0.2, 0) is 14.8 Å². The highest BCUT2D eigenvalue weighted by molar-refractivity contribution is 7.92. The Morgan fingerprint density at radius 3 is 2.42 bits per heavy atom. The number of ether oxygens (including phenoxy) is 2. The zero-order valence-electron chi connectivity index (χ0n) is 21.2. The van der Waals surface area contributed by atoms with Gasteiger partial charge in [0.25, 0.3) is 10.0 Å². The van der Waals surface area contributed by atoms with Crippen molar-refractivity contribution in [3.05, 3.63) is 83.4 Å². The van der Waals surface area contributed by atoms with E-state index in [4.69, 9.17) is 9.47 Å². The minimum Gasteiger partial charge on any atom is -0.495 e. The number of anilines is 1. The maximum Gasteiger partial charge on any atom is 0.264 e. The van der Waals surface area contributed by atoms with Crippen LogP contribution in [0.5, 0.6) is 11.5 Å². The number of para-hydroxylation sites is 1. The molecule has 0 spiro atoms. The Morgan fingerprint density at radius 2 is 1.72 bits per heavy atom. The van der Waals surface area contributed by atoms with E-state index in [0.717, 1.165) is 21.0 Å². The molecule has 7 nitrogen and oxygen atoms in total. The summed E-state index contributed by atoms with van der Waals surface area (Å²) in [6.45, 7) is 7.27. The van der Waals surface area contributed by atoms with Crippen LogP contribution in [0.3, 0.4) is 0 Å². The lowest BCUT2D eigenvalue weighted by Gasteiger charge is -2.38. The van der Waals surface area contributed by atoms with Gasteiger partial charge in [0.15, 0.2) is 0 Å². The van der Waals surface area contributed by atoms with Gasteiger partial charge in [0, 0.05) is 12.0 Å². The first-order valence-corrected chi connectivity index (χ1v) is 13.3. The van der Waals surface area contributed by atoms with E-state index >= 15 is 0 Å². The van der Waals surface area contributed by atoms with Gasteiger partial charge in [-0.15, -0.1) is 0 Å². The van der Waals surface area contributed by atoms with Crippen LogP contribution in [0.4, 0.5) is 5.69 Å². The largest absolute Gasteiger partial charge is 0.495 e. The number of fused-ring (bicyclic) bond motifs is 1. The van der Waals surface area contributed by atoms with E-state index in [1.165, 1.54) is 7.11 Å². The number of hydrogen-bond donors (Lipinski definition) is 1. The Labute approximate surface area is 213 Å². The summed E-state index contributed by atoms with van der Waals surface area (Å²) >= 11 is 0. The molecule has 0 saturated carbocycles. The lowest BCUT2D eigenvalue weighted by atomic mass is 9.89. The van der Waals surface area contributed by atoms with Gasteiger partial charge in [-0.05, 0) is 63.6 Å². The van der Waals surface area contributed by atoms with E-state index in [0.29, 0.717) is 23.6 Å². The number of amides is 1. The number of nitrogens with one attached hydrogen (secondary N) is 1. The van der Waals surface area contributed by atoms with Crippen molar-refractivity contribution < 1.29 is 22.7 Å². The average molecular weight is 509 g/mol. The average Bonchev–Trinajstić information content (AvgIpc) is 2.82. The van der Waals surface area contributed by atoms with Crippen LogP contribution >= 0.6 is 0 Å². The molecule has 4 rings (SSSR count). The van der Waals surface area contributed by atoms with E-state index in [9.17, 15) is 13.2 Å². The van der Waals surface area contributed by atoms with Crippen LogP contribution in [0.2, 0.25) is 0 Å². The third kappa shape index (κ3) is 5.33. The number of nitrogens with zero attached hydrogens (tertiary/aromatic N) is 1. The molecule has 1 N–H and O–H groups in total. The zero-order chi connectivity index (χ0) is 26.1. The first-order valence-electron chi connectivity index (χ1n) is 11.8. The lowest BCUT2D eigenvalue weighted by molar-refractivity contribution is -0.120. The molecule has 3 aromatic rings. The molecule has 190 valence electrons. The maximum absolute atomic E-state index is 13.8. The smallest absolute Gasteiger partial charge is 0.264 e. The summed E-state index contributed by atoms with van der Waals surface area (Å²) in [5.41, 5.74) is 2.47. The number of carbonyl (C=O) groups excluding carboxylic acids is 1. The van der Waals surface area contributed by atoms with E-state index in [1.54, 1.807) is 36.4 Å². The summed E-state index contributed by atoms with van der Waals surface area (Å²) in [6, 6.07) is 19.1. The van der Waals surface area contributed by atoms with E-state index in [-0.39, 0.29) is 10.9 Å². The molecule has 0 aromatic heterocycles. The van der Waals surface area contributed by atoms with Crippen LogP contribution in [0.15, 0.2) is 71.6 Å². The van der Waals surface area contributed by atoms with Crippen molar-refractivity contribution in [3.8, 4) is 11.5 Å². The highest BCUT2D eigenvalue weighted by Crippen LogP contribution is 2.39. The molecule has 8 heteroatoms. The molecule has 3 aromatic carbocycles. The van der Waals surface area contributed by atoms with Crippen molar-refractivity contribution in [2.45, 2.75) is 50.7 Å². The second kappa shape index (κ2) is 9.85. The number of sulfonamides is 1. The lowest BCUT2D eigenvalue weighted by Crippen LogP contribution is -2.45. The molecular formula is C28H32N2O5S. The molecule has 0 radical (unpaired) electrons. The van der Waals surface area contributed by atoms with E-state index < -0.39 is 28.1 Å². The minimum atomic E-state index is -4.07. The third-order valence-corrected chi connectivity index (χ3v) is 7.98. The standard InChI is InChI=1S/C28H32N2O5S/c1-19-10-13-21(14-11-19)36(32,33)30(24-16-20(2)12-15-26(24)34-5)18-27(31)29-23-17-28(3,4)35-25-9-7-6-8-22(23)25/h6-16,23H,17-18H2,1-5H3,(H,29,31). The Hall–Kier alpha value is -3.52. The van der Waals surface area contributed by atoms with Crippen LogP contribution in [0.25, 0.3) is 0 Å². The second-order valence-electron chi connectivity index (χ2n) is 9.72. The molecule has 0 saturated heterocycles. The third-order valence-electron chi connectivity index (χ3n) is 6.21. The zero-order valence-corrected chi connectivity index (χ0v) is 22.1. The van der Waals surface area contributed by atoms with Crippen LogP contribution in [0.1, 0.15) is 43.0 Å². The number of carbonyl (C=O) groups is 1. The minimum absolute atomic E-state index is 0.0991. The predicted molar refractivity (Wildman–Crippen MR) is 140 cm³/mol. The van der Waals surface area contributed by atoms with Crippen molar-refractivity contribution in [2.75, 3.05) is 18.0 Å². The van der Waals surface area contributed by atoms with E-state index in [1.807, 2.05) is 58.0 Å². The van der Waals surface area contributed by atoms with Crippen molar-refractivity contribution in [1.29, 1.82) is 0 Å². The summed E-state index contributed by atoms with van der Waals surface area (Å²) < 4.78 is 40.3. The fraction of sp³-hybridized carbons (Fsp3) is 0.321. The molecule has 36 heavy (non-hydrogen) atoms. The summed E-state index contributed by atoms with van der Waals surface area (Å²) in [6.07, 6.45) is 0.550. The molecule has 0 aliphatic carbocycles. The molecule has 1 atom stereocenters. The van der Waals surface area contributed by atoms with Crippen molar-refractivity contribution >= 4 is 21.6 Å². The molecule has 1 aliphatic heterocycles. The number of aryl methyl sites for hydroxylation is 2. The molecular weight excluding hydrogens is 476 g/mol. The van der Waals surface area contributed by atoms with Gasteiger partial charge >= 0.3 is 0 Å². The Balaban J connectivity index is 1.70. The van der Waals surface area contributed by atoms with Gasteiger partial charge in [-0.2, -0.15) is 0 Å². The molecule has 1 amide bonds. The molecule has 0 bridgehead atoms. The number of rotatable bonds is 7. The van der Waals surface area contributed by atoms with Gasteiger partial charge in [-0.25, -0.2) is 8.42 Å². The van der Waals surface area contributed by atoms with Gasteiger partial charge in [0.1, 0.15) is 23.6 Å². The van der Waals surface area contributed by atoms with Gasteiger partial charge in [0.2, 0.25) is 5.91 Å². The Bertz CT molecular complexity index is 1370. The highest BCUT2D eigenvalue weighted by Gasteiger charge is 2.36. The Kier molecular flexibility index (Phi) is 7.00. The first-order chi connectivity index (χ1) is 17.0. The molecule has 0 fully saturated rings. The molecule has 1 heterocycles. The fourth-order valence-electron chi connectivity index (χ4n) is 4.43. The predicted octanol–water partition coefficient (Wildman–Crippen LogP) is 4.93. The van der Waals surface area contributed by atoms with Crippen LogP contribution < -0.4 is 19.1 Å². The van der Waals surface area contributed by atoms with Crippen molar-refractivity contribution in [2.24, 2.45) is 0 Å². The maximum atomic E-state index is 13.8. The van der Waals surface area contributed by atoms with Gasteiger partial charge < -0.3 is 14.8 Å². The summed E-state index contributed by atoms with van der Waals surface area (Å²) in [5, 5.41) is 3.05. The monoisotopic (exact) mass is 508 g/mol.